The highest BCUT2D eigenvalue weighted by atomic mass is 79.9. The normalized spacial score (nSPS) is 11.5. The molecule has 0 saturated carbocycles. The molecule has 0 saturated heterocycles. The molecule has 19 heavy (non-hydrogen) atoms. The highest BCUT2D eigenvalue weighted by Crippen LogP contribution is 2.26. The molecule has 0 amide bonds. The maximum absolute atomic E-state index is 13.4. The van der Waals surface area contributed by atoms with Gasteiger partial charge in [0.2, 0.25) is 0 Å². The lowest BCUT2D eigenvalue weighted by Gasteiger charge is -2.08. The first kappa shape index (κ1) is 14.0. The van der Waals surface area contributed by atoms with Gasteiger partial charge in [-0.3, -0.25) is 4.98 Å². The highest BCUT2D eigenvalue weighted by Gasteiger charge is 2.20. The van der Waals surface area contributed by atoms with Crippen LogP contribution < -0.4 is 5.73 Å². The molecule has 2 aromatic rings. The average molecular weight is 345 g/mol. The van der Waals surface area contributed by atoms with Crippen molar-refractivity contribution in [2.45, 2.75) is 10.6 Å². The molecule has 0 aliphatic rings. The molecular weight excluding hydrogens is 335 g/mol. The summed E-state index contributed by atoms with van der Waals surface area (Å²) in [6.45, 7) is 0. The third kappa shape index (κ3) is 2.93. The van der Waals surface area contributed by atoms with Crippen LogP contribution in [0.15, 0.2) is 46.0 Å². The molecule has 0 spiro atoms. The van der Waals surface area contributed by atoms with Crippen molar-refractivity contribution in [3.63, 3.8) is 0 Å². The Morgan fingerprint density at radius 3 is 2.74 bits per heavy atom. The molecule has 0 unspecified atom stereocenters. The first-order valence-corrected chi connectivity index (χ1v) is 7.71. The fourth-order valence-electron chi connectivity index (χ4n) is 1.62. The van der Waals surface area contributed by atoms with E-state index in [1.54, 1.807) is 6.07 Å². The predicted molar refractivity (Wildman–Crippen MR) is 73.6 cm³/mol. The Morgan fingerprint density at radius 1 is 1.32 bits per heavy atom. The minimum atomic E-state index is -3.64. The SMILES string of the molecule is Nc1cnccc1S(=O)(=O)Cc1cccc(F)c1Br. The largest absolute Gasteiger partial charge is 0.396 e. The van der Waals surface area contributed by atoms with Gasteiger partial charge in [-0.2, -0.15) is 0 Å². The number of anilines is 1. The van der Waals surface area contributed by atoms with E-state index in [0.29, 0.717) is 5.56 Å². The van der Waals surface area contributed by atoms with Crippen molar-refractivity contribution in [1.29, 1.82) is 0 Å². The summed E-state index contributed by atoms with van der Waals surface area (Å²) < 4.78 is 38.0. The van der Waals surface area contributed by atoms with Crippen LogP contribution in [-0.2, 0) is 15.6 Å². The molecule has 2 N–H and O–H groups in total. The Labute approximate surface area is 118 Å². The predicted octanol–water partition coefficient (Wildman–Crippen LogP) is 2.54. The van der Waals surface area contributed by atoms with Gasteiger partial charge in [0.25, 0.3) is 0 Å². The molecule has 7 heteroatoms. The fourth-order valence-corrected chi connectivity index (χ4v) is 3.70. The standard InChI is InChI=1S/C12H10BrFN2O2S/c13-12-8(2-1-3-9(12)14)7-19(17,18)11-4-5-16-6-10(11)15/h1-6H,7,15H2. The Kier molecular flexibility index (Phi) is 3.86. The summed E-state index contributed by atoms with van der Waals surface area (Å²) in [6, 6.07) is 5.59. The molecule has 1 aromatic carbocycles. The molecule has 0 aliphatic heterocycles. The van der Waals surface area contributed by atoms with E-state index in [2.05, 4.69) is 20.9 Å². The van der Waals surface area contributed by atoms with Crippen LogP contribution in [0.4, 0.5) is 10.1 Å². The van der Waals surface area contributed by atoms with Crippen LogP contribution in [0.3, 0.4) is 0 Å². The van der Waals surface area contributed by atoms with E-state index >= 15 is 0 Å². The van der Waals surface area contributed by atoms with Gasteiger partial charge in [0.1, 0.15) is 5.82 Å². The van der Waals surface area contributed by atoms with E-state index in [1.807, 2.05) is 0 Å². The summed E-state index contributed by atoms with van der Waals surface area (Å²) in [5.74, 6) is -0.838. The highest BCUT2D eigenvalue weighted by molar-refractivity contribution is 9.10. The van der Waals surface area contributed by atoms with Crippen molar-refractivity contribution in [2.75, 3.05) is 5.73 Å². The monoisotopic (exact) mass is 344 g/mol. The molecule has 4 nitrogen and oxygen atoms in total. The van der Waals surface area contributed by atoms with E-state index < -0.39 is 15.7 Å². The summed E-state index contributed by atoms with van der Waals surface area (Å²) in [5, 5.41) is 0. The van der Waals surface area contributed by atoms with Gasteiger partial charge >= 0.3 is 0 Å². The van der Waals surface area contributed by atoms with Crippen LogP contribution in [0.2, 0.25) is 0 Å². The van der Waals surface area contributed by atoms with Crippen LogP contribution in [0.1, 0.15) is 5.56 Å². The number of nitrogens with two attached hydrogens (primary N) is 1. The molecule has 0 atom stereocenters. The van der Waals surface area contributed by atoms with Crippen LogP contribution in [0, 0.1) is 5.82 Å². The zero-order valence-electron chi connectivity index (χ0n) is 9.68. The molecule has 100 valence electrons. The molecule has 0 fully saturated rings. The minimum Gasteiger partial charge on any atom is -0.396 e. The van der Waals surface area contributed by atoms with E-state index in [4.69, 9.17) is 5.73 Å². The number of benzene rings is 1. The van der Waals surface area contributed by atoms with E-state index in [0.717, 1.165) is 0 Å². The van der Waals surface area contributed by atoms with Gasteiger partial charge in [-0.25, -0.2) is 12.8 Å². The third-order valence-electron chi connectivity index (χ3n) is 2.52. The van der Waals surface area contributed by atoms with E-state index in [1.165, 1.54) is 30.6 Å². The lowest BCUT2D eigenvalue weighted by atomic mass is 10.2. The molecule has 1 heterocycles. The number of hydrogen-bond acceptors (Lipinski definition) is 4. The van der Waals surface area contributed by atoms with Gasteiger partial charge in [0.15, 0.2) is 9.84 Å². The van der Waals surface area contributed by atoms with Crippen LogP contribution in [0.25, 0.3) is 0 Å². The molecule has 2 rings (SSSR count). The van der Waals surface area contributed by atoms with Gasteiger partial charge in [0.05, 0.1) is 27.0 Å². The number of nitrogen functional groups attached to an aromatic ring is 1. The minimum absolute atomic E-state index is 0.00124. The van der Waals surface area contributed by atoms with Crippen molar-refractivity contribution in [2.24, 2.45) is 0 Å². The van der Waals surface area contributed by atoms with E-state index in [-0.39, 0.29) is 20.8 Å². The number of sulfone groups is 1. The molecule has 0 bridgehead atoms. The van der Waals surface area contributed by atoms with Crippen LogP contribution >= 0.6 is 15.9 Å². The first-order valence-electron chi connectivity index (χ1n) is 5.27. The summed E-state index contributed by atoms with van der Waals surface area (Å²) in [5.41, 5.74) is 6.02. The number of pyridine rings is 1. The Bertz CT molecular complexity index is 719. The fraction of sp³-hybridized carbons (Fsp3) is 0.0833. The van der Waals surface area contributed by atoms with Crippen molar-refractivity contribution in [1.82, 2.24) is 4.98 Å². The van der Waals surface area contributed by atoms with E-state index in [9.17, 15) is 12.8 Å². The van der Waals surface area contributed by atoms with Crippen molar-refractivity contribution >= 4 is 31.5 Å². The van der Waals surface area contributed by atoms with Gasteiger partial charge in [-0.1, -0.05) is 12.1 Å². The maximum atomic E-state index is 13.4. The molecule has 0 aliphatic carbocycles. The summed E-state index contributed by atoms with van der Waals surface area (Å²) in [4.78, 5) is 3.74. The van der Waals surface area contributed by atoms with Gasteiger partial charge in [-0.15, -0.1) is 0 Å². The third-order valence-corrected chi connectivity index (χ3v) is 5.14. The average Bonchev–Trinajstić information content (AvgIpc) is 2.35. The summed E-state index contributed by atoms with van der Waals surface area (Å²) in [7, 11) is -3.64. The van der Waals surface area contributed by atoms with Crippen molar-refractivity contribution < 1.29 is 12.8 Å². The number of nitrogens with zero attached hydrogens (tertiary/aromatic N) is 1. The second-order valence-corrected chi connectivity index (χ2v) is 6.64. The number of rotatable bonds is 3. The number of hydrogen-bond donors (Lipinski definition) is 1. The molecule has 0 radical (unpaired) electrons. The summed E-state index contributed by atoms with van der Waals surface area (Å²) in [6.07, 6.45) is 2.62. The zero-order chi connectivity index (χ0) is 14.0. The lowest BCUT2D eigenvalue weighted by Crippen LogP contribution is -2.09. The molecular formula is C12H10BrFN2O2S. The van der Waals surface area contributed by atoms with Crippen molar-refractivity contribution in [3.8, 4) is 0 Å². The zero-order valence-corrected chi connectivity index (χ0v) is 12.1. The van der Waals surface area contributed by atoms with Gasteiger partial charge < -0.3 is 5.73 Å². The second kappa shape index (κ2) is 5.26. The second-order valence-electron chi connectivity index (χ2n) is 3.89. The smallest absolute Gasteiger partial charge is 0.184 e. The number of halogens is 2. The number of aromatic nitrogens is 1. The van der Waals surface area contributed by atoms with Crippen LogP contribution in [0.5, 0.6) is 0 Å². The van der Waals surface area contributed by atoms with Crippen LogP contribution in [-0.4, -0.2) is 13.4 Å². The van der Waals surface area contributed by atoms with Crippen molar-refractivity contribution in [3.05, 3.63) is 52.5 Å². The Morgan fingerprint density at radius 2 is 2.05 bits per heavy atom. The Hall–Kier alpha value is -1.47. The summed E-state index contributed by atoms with van der Waals surface area (Å²) >= 11 is 3.04. The Balaban J connectivity index is 2.43. The quantitative estimate of drug-likeness (QED) is 0.928. The lowest BCUT2D eigenvalue weighted by molar-refractivity contribution is 0.594. The molecule has 1 aromatic heterocycles. The topological polar surface area (TPSA) is 73.0 Å². The maximum Gasteiger partial charge on any atom is 0.184 e. The van der Waals surface area contributed by atoms with Gasteiger partial charge in [-0.05, 0) is 33.6 Å². The first-order chi connectivity index (χ1) is 8.92. The van der Waals surface area contributed by atoms with Gasteiger partial charge in [0, 0.05) is 6.20 Å².